The summed E-state index contributed by atoms with van der Waals surface area (Å²) >= 11 is 0. The molecule has 0 unspecified atom stereocenters. The summed E-state index contributed by atoms with van der Waals surface area (Å²) in [6.07, 6.45) is 0.342. The van der Waals surface area contributed by atoms with E-state index in [0.29, 0.717) is 12.1 Å². The van der Waals surface area contributed by atoms with Gasteiger partial charge in [0.15, 0.2) is 0 Å². The van der Waals surface area contributed by atoms with Crippen LogP contribution in [0, 0.1) is 0 Å². The smallest absolute Gasteiger partial charge is 0.0829 e. The highest BCUT2D eigenvalue weighted by molar-refractivity contribution is 5.14. The number of morpholine rings is 1. The van der Waals surface area contributed by atoms with Crippen molar-refractivity contribution in [1.29, 1.82) is 0 Å². The molecule has 0 radical (unpaired) electrons. The molecule has 2 atom stereocenters. The Morgan fingerprint density at radius 2 is 1.90 bits per heavy atom. The van der Waals surface area contributed by atoms with Crippen LogP contribution in [0.2, 0.25) is 0 Å². The predicted octanol–water partition coefficient (Wildman–Crippen LogP) is 2.62. The summed E-state index contributed by atoms with van der Waals surface area (Å²) in [7, 11) is 0. The van der Waals surface area contributed by atoms with Gasteiger partial charge in [-0.25, -0.2) is 0 Å². The number of hydrogen-bond donors (Lipinski definition) is 0. The highest BCUT2D eigenvalue weighted by atomic mass is 16.5. The van der Waals surface area contributed by atoms with E-state index in [1.807, 2.05) is 0 Å². The zero-order chi connectivity index (χ0) is 14.4. The molecular formula is C17H28N2O. The van der Waals surface area contributed by atoms with Gasteiger partial charge in [-0.2, -0.15) is 0 Å². The highest BCUT2D eigenvalue weighted by Gasteiger charge is 2.26. The van der Waals surface area contributed by atoms with E-state index in [9.17, 15) is 0 Å². The molecule has 3 nitrogen and oxygen atoms in total. The number of nitrogens with zero attached hydrogens (tertiary/aromatic N) is 2. The van der Waals surface area contributed by atoms with Crippen LogP contribution in [0.3, 0.4) is 0 Å². The van der Waals surface area contributed by atoms with E-state index in [0.717, 1.165) is 39.3 Å². The maximum Gasteiger partial charge on any atom is 0.0829 e. The highest BCUT2D eigenvalue weighted by Crippen LogP contribution is 2.16. The largest absolute Gasteiger partial charge is 0.374 e. The third-order valence-corrected chi connectivity index (χ3v) is 4.22. The Labute approximate surface area is 123 Å². The molecule has 1 aliphatic rings. The molecule has 0 bridgehead atoms. The molecule has 0 aliphatic carbocycles. The van der Waals surface area contributed by atoms with Gasteiger partial charge >= 0.3 is 0 Å². The zero-order valence-corrected chi connectivity index (χ0v) is 13.1. The molecule has 3 heteroatoms. The van der Waals surface area contributed by atoms with E-state index in [1.165, 1.54) is 5.56 Å². The average molecular weight is 276 g/mol. The summed E-state index contributed by atoms with van der Waals surface area (Å²) < 4.78 is 6.01. The lowest BCUT2D eigenvalue weighted by Crippen LogP contribution is -2.51. The second-order valence-electron chi connectivity index (χ2n) is 5.71. The summed E-state index contributed by atoms with van der Waals surface area (Å²) in [5.41, 5.74) is 1.39. The number of ether oxygens (including phenoxy) is 1. The molecule has 1 fully saturated rings. The Kier molecular flexibility index (Phi) is 6.02. The first kappa shape index (κ1) is 15.5. The Morgan fingerprint density at radius 1 is 1.20 bits per heavy atom. The van der Waals surface area contributed by atoms with Crippen molar-refractivity contribution in [3.05, 3.63) is 35.9 Å². The van der Waals surface area contributed by atoms with Crippen molar-refractivity contribution in [3.8, 4) is 0 Å². The fraction of sp³-hybridized carbons (Fsp3) is 0.647. The van der Waals surface area contributed by atoms with Crippen molar-refractivity contribution in [2.75, 3.05) is 32.8 Å². The van der Waals surface area contributed by atoms with Crippen LogP contribution in [-0.2, 0) is 11.3 Å². The van der Waals surface area contributed by atoms with E-state index in [2.05, 4.69) is 60.9 Å². The first-order valence-electron chi connectivity index (χ1n) is 7.84. The molecular weight excluding hydrogens is 248 g/mol. The number of hydrogen-bond acceptors (Lipinski definition) is 3. The van der Waals surface area contributed by atoms with Gasteiger partial charge in [0.05, 0.1) is 12.7 Å². The van der Waals surface area contributed by atoms with Crippen molar-refractivity contribution in [2.24, 2.45) is 0 Å². The van der Waals surface area contributed by atoms with Gasteiger partial charge in [-0.05, 0) is 25.6 Å². The Hall–Kier alpha value is -0.900. The predicted molar refractivity (Wildman–Crippen MR) is 83.8 cm³/mol. The fourth-order valence-corrected chi connectivity index (χ4v) is 2.79. The van der Waals surface area contributed by atoms with Gasteiger partial charge in [0, 0.05) is 25.7 Å². The van der Waals surface area contributed by atoms with Gasteiger partial charge in [-0.3, -0.25) is 4.90 Å². The van der Waals surface area contributed by atoms with Gasteiger partial charge in [-0.1, -0.05) is 44.2 Å². The molecule has 0 aromatic heterocycles. The summed E-state index contributed by atoms with van der Waals surface area (Å²) in [6.45, 7) is 12.9. The van der Waals surface area contributed by atoms with E-state index in [-0.39, 0.29) is 0 Å². The molecule has 1 aromatic carbocycles. The van der Waals surface area contributed by atoms with Crippen LogP contribution < -0.4 is 0 Å². The van der Waals surface area contributed by atoms with Crippen molar-refractivity contribution in [2.45, 2.75) is 39.5 Å². The topological polar surface area (TPSA) is 15.7 Å². The first-order valence-corrected chi connectivity index (χ1v) is 7.84. The molecule has 1 heterocycles. The van der Waals surface area contributed by atoms with Crippen molar-refractivity contribution >= 4 is 0 Å². The lowest BCUT2D eigenvalue weighted by Gasteiger charge is -2.39. The monoisotopic (exact) mass is 276 g/mol. The number of likely N-dealkylation sites (N-methyl/N-ethyl adjacent to an activating group) is 1. The molecule has 0 amide bonds. The molecule has 112 valence electrons. The number of rotatable bonds is 6. The molecule has 0 spiro atoms. The summed E-state index contributed by atoms with van der Waals surface area (Å²) in [4.78, 5) is 4.99. The van der Waals surface area contributed by atoms with Crippen LogP contribution >= 0.6 is 0 Å². The Morgan fingerprint density at radius 3 is 2.55 bits per heavy atom. The van der Waals surface area contributed by atoms with Crippen LogP contribution in [0.1, 0.15) is 26.3 Å². The maximum absolute atomic E-state index is 6.01. The van der Waals surface area contributed by atoms with Gasteiger partial charge in [-0.15, -0.1) is 0 Å². The molecule has 20 heavy (non-hydrogen) atoms. The lowest BCUT2D eigenvalue weighted by atomic mass is 10.1. The lowest BCUT2D eigenvalue weighted by molar-refractivity contribution is -0.0719. The van der Waals surface area contributed by atoms with Gasteiger partial charge in [0.2, 0.25) is 0 Å². The van der Waals surface area contributed by atoms with E-state index in [1.54, 1.807) is 0 Å². The second kappa shape index (κ2) is 7.77. The van der Waals surface area contributed by atoms with Crippen LogP contribution in [-0.4, -0.2) is 54.7 Å². The SMILES string of the molecule is CCN(CC)C[C@@H]1CN(Cc2ccccc2)[C@@H](C)CO1. The minimum absolute atomic E-state index is 0.342. The van der Waals surface area contributed by atoms with Crippen LogP contribution in [0.25, 0.3) is 0 Å². The van der Waals surface area contributed by atoms with Gasteiger partial charge in [0.1, 0.15) is 0 Å². The minimum Gasteiger partial charge on any atom is -0.374 e. The third kappa shape index (κ3) is 4.30. The molecule has 1 aliphatic heterocycles. The molecule has 2 rings (SSSR count). The van der Waals surface area contributed by atoms with Crippen molar-refractivity contribution < 1.29 is 4.74 Å². The zero-order valence-electron chi connectivity index (χ0n) is 13.1. The Balaban J connectivity index is 1.91. The summed E-state index contributed by atoms with van der Waals surface area (Å²) in [6, 6.07) is 11.2. The van der Waals surface area contributed by atoms with Crippen molar-refractivity contribution in [1.82, 2.24) is 9.80 Å². The van der Waals surface area contributed by atoms with E-state index < -0.39 is 0 Å². The standard InChI is InChI=1S/C17H28N2O/c1-4-18(5-2)12-17-13-19(15(3)14-20-17)11-16-9-7-6-8-10-16/h6-10,15,17H,4-5,11-14H2,1-3H3/t15-,17+/m0/s1. The summed E-state index contributed by atoms with van der Waals surface area (Å²) in [5, 5.41) is 0. The van der Waals surface area contributed by atoms with Gasteiger partial charge in [0.25, 0.3) is 0 Å². The summed E-state index contributed by atoms with van der Waals surface area (Å²) in [5.74, 6) is 0. The van der Waals surface area contributed by atoms with E-state index >= 15 is 0 Å². The van der Waals surface area contributed by atoms with Crippen LogP contribution in [0.4, 0.5) is 0 Å². The maximum atomic E-state index is 6.01. The number of benzene rings is 1. The molecule has 1 saturated heterocycles. The minimum atomic E-state index is 0.342. The quantitative estimate of drug-likeness (QED) is 0.794. The average Bonchev–Trinajstić information content (AvgIpc) is 2.49. The Bertz CT molecular complexity index is 378. The fourth-order valence-electron chi connectivity index (χ4n) is 2.79. The van der Waals surface area contributed by atoms with Crippen LogP contribution in [0.15, 0.2) is 30.3 Å². The van der Waals surface area contributed by atoms with E-state index in [4.69, 9.17) is 4.74 Å². The van der Waals surface area contributed by atoms with Gasteiger partial charge < -0.3 is 9.64 Å². The second-order valence-corrected chi connectivity index (χ2v) is 5.71. The molecule has 0 N–H and O–H groups in total. The normalized spacial score (nSPS) is 24.2. The first-order chi connectivity index (χ1) is 9.72. The van der Waals surface area contributed by atoms with Crippen molar-refractivity contribution in [3.63, 3.8) is 0 Å². The molecule has 1 aromatic rings. The third-order valence-electron chi connectivity index (χ3n) is 4.22. The van der Waals surface area contributed by atoms with Crippen LogP contribution in [0.5, 0.6) is 0 Å². The molecule has 0 saturated carbocycles.